The minimum absolute atomic E-state index is 0.255. The molecule has 1 aliphatic carbocycles. The van der Waals surface area contributed by atoms with Crippen LogP contribution in [-0.2, 0) is 4.79 Å². The molecule has 1 saturated heterocycles. The Morgan fingerprint density at radius 3 is 2.35 bits per heavy atom. The highest BCUT2D eigenvalue weighted by Crippen LogP contribution is 2.36. The summed E-state index contributed by atoms with van der Waals surface area (Å²) in [5.74, 6) is 2.67. The monoisotopic (exact) mass is 428 g/mol. The highest BCUT2D eigenvalue weighted by atomic mass is 16.5. The first-order chi connectivity index (χ1) is 14.8. The maximum Gasteiger partial charge on any atom is 0.227 e. The summed E-state index contributed by atoms with van der Waals surface area (Å²) in [6.45, 7) is 9.16. The first-order valence-corrected chi connectivity index (χ1v) is 12.4. The highest BCUT2D eigenvalue weighted by Gasteiger charge is 2.32. The molecular formula is C27H44N2O2. The van der Waals surface area contributed by atoms with Crippen molar-refractivity contribution in [1.82, 2.24) is 9.80 Å². The van der Waals surface area contributed by atoms with Gasteiger partial charge in [0, 0.05) is 25.0 Å². The summed E-state index contributed by atoms with van der Waals surface area (Å²) in [7, 11) is 3.78. The third-order valence-corrected chi connectivity index (χ3v) is 7.43. The van der Waals surface area contributed by atoms with Crippen molar-refractivity contribution in [2.45, 2.75) is 84.1 Å². The first-order valence-electron chi connectivity index (χ1n) is 12.4. The van der Waals surface area contributed by atoms with Gasteiger partial charge in [0.05, 0.1) is 7.11 Å². The van der Waals surface area contributed by atoms with Crippen LogP contribution in [0, 0.1) is 11.3 Å². The molecule has 1 heterocycles. The van der Waals surface area contributed by atoms with Crippen LogP contribution in [0.4, 0.5) is 0 Å². The van der Waals surface area contributed by atoms with Gasteiger partial charge < -0.3 is 9.64 Å². The number of piperidine rings is 1. The zero-order valence-electron chi connectivity index (χ0n) is 20.5. The number of carbonyl (C=O) groups is 1. The van der Waals surface area contributed by atoms with Crippen LogP contribution in [0.1, 0.15) is 83.6 Å². The standard InChI is InChI=1S/C27H44N2O2/c1-27(2,3)26(30)28(4)20-23(19-21-11-7-6-8-12-21)29-17-15-22(16-18-29)24-13-9-10-14-25(24)31-5/h9-10,13-14,21-23H,6-8,11-12,15-20H2,1-5H3. The number of hydrogen-bond acceptors (Lipinski definition) is 3. The lowest BCUT2D eigenvalue weighted by molar-refractivity contribution is -0.139. The minimum Gasteiger partial charge on any atom is -0.496 e. The minimum atomic E-state index is -0.318. The van der Waals surface area contributed by atoms with Gasteiger partial charge in [-0.25, -0.2) is 0 Å². The molecular weight excluding hydrogens is 384 g/mol. The first kappa shape index (κ1) is 24.1. The molecule has 0 spiro atoms. The van der Waals surface area contributed by atoms with Crippen LogP contribution in [0.5, 0.6) is 5.75 Å². The molecule has 2 aliphatic rings. The Labute approximate surface area is 190 Å². The number of carbonyl (C=O) groups excluding carboxylic acids is 1. The fourth-order valence-electron chi connectivity index (χ4n) is 5.70. The van der Waals surface area contributed by atoms with Crippen molar-refractivity contribution in [3.05, 3.63) is 29.8 Å². The second-order valence-electron chi connectivity index (χ2n) is 10.9. The highest BCUT2D eigenvalue weighted by molar-refractivity contribution is 5.81. The lowest BCUT2D eigenvalue weighted by Crippen LogP contribution is -2.50. The molecule has 0 aromatic heterocycles. The molecule has 1 aliphatic heterocycles. The summed E-state index contributed by atoms with van der Waals surface area (Å²) >= 11 is 0. The predicted molar refractivity (Wildman–Crippen MR) is 129 cm³/mol. The average Bonchev–Trinajstić information content (AvgIpc) is 2.78. The van der Waals surface area contributed by atoms with E-state index in [-0.39, 0.29) is 11.3 Å². The predicted octanol–water partition coefficient (Wildman–Crippen LogP) is 5.72. The Balaban J connectivity index is 1.66. The Morgan fingerprint density at radius 2 is 1.74 bits per heavy atom. The molecule has 0 radical (unpaired) electrons. The number of rotatable bonds is 7. The average molecular weight is 429 g/mol. The third-order valence-electron chi connectivity index (χ3n) is 7.43. The van der Waals surface area contributed by atoms with Gasteiger partial charge in [0.1, 0.15) is 5.75 Å². The van der Waals surface area contributed by atoms with Crippen molar-refractivity contribution >= 4 is 5.91 Å². The summed E-state index contributed by atoms with van der Waals surface area (Å²) in [5.41, 5.74) is 1.04. The fourth-order valence-corrected chi connectivity index (χ4v) is 5.70. The molecule has 1 unspecified atom stereocenters. The van der Waals surface area contributed by atoms with Crippen LogP contribution >= 0.6 is 0 Å². The summed E-state index contributed by atoms with van der Waals surface area (Å²) in [4.78, 5) is 17.6. The third kappa shape index (κ3) is 6.47. The number of methoxy groups -OCH3 is 1. The quantitative estimate of drug-likeness (QED) is 0.557. The van der Waals surface area contributed by atoms with E-state index in [2.05, 4.69) is 29.2 Å². The number of likely N-dealkylation sites (tertiary alicyclic amines) is 1. The van der Waals surface area contributed by atoms with E-state index in [4.69, 9.17) is 4.74 Å². The van der Waals surface area contributed by atoms with Crippen LogP contribution in [0.25, 0.3) is 0 Å². The van der Waals surface area contributed by atoms with Gasteiger partial charge in [0.25, 0.3) is 0 Å². The van der Waals surface area contributed by atoms with Gasteiger partial charge in [-0.05, 0) is 55.8 Å². The van der Waals surface area contributed by atoms with Crippen LogP contribution in [0.3, 0.4) is 0 Å². The van der Waals surface area contributed by atoms with Crippen LogP contribution < -0.4 is 4.74 Å². The number of ether oxygens (including phenoxy) is 1. The maximum atomic E-state index is 12.9. The van der Waals surface area contributed by atoms with E-state index < -0.39 is 0 Å². The van der Waals surface area contributed by atoms with E-state index in [1.807, 2.05) is 32.7 Å². The number of amides is 1. The lowest BCUT2D eigenvalue weighted by Gasteiger charge is -2.42. The molecule has 31 heavy (non-hydrogen) atoms. The van der Waals surface area contributed by atoms with Gasteiger partial charge in [-0.15, -0.1) is 0 Å². The van der Waals surface area contributed by atoms with Crippen molar-refractivity contribution in [2.24, 2.45) is 11.3 Å². The molecule has 1 aromatic carbocycles. The van der Waals surface area contributed by atoms with E-state index in [0.29, 0.717) is 12.0 Å². The largest absolute Gasteiger partial charge is 0.496 e. The molecule has 1 amide bonds. The van der Waals surface area contributed by atoms with Crippen LogP contribution in [0.2, 0.25) is 0 Å². The summed E-state index contributed by atoms with van der Waals surface area (Å²) in [5, 5.41) is 0. The van der Waals surface area contributed by atoms with E-state index in [1.54, 1.807) is 7.11 Å². The number of likely N-dealkylation sites (N-methyl/N-ethyl adjacent to an activating group) is 1. The topological polar surface area (TPSA) is 32.8 Å². The van der Waals surface area contributed by atoms with E-state index in [9.17, 15) is 4.79 Å². The van der Waals surface area contributed by atoms with Gasteiger partial charge in [-0.1, -0.05) is 71.1 Å². The zero-order chi connectivity index (χ0) is 22.4. The van der Waals surface area contributed by atoms with Gasteiger partial charge in [0.2, 0.25) is 5.91 Å². The SMILES string of the molecule is COc1ccccc1C1CCN(C(CC2CCCCC2)CN(C)C(=O)C(C)(C)C)CC1. The molecule has 3 rings (SSSR count). The van der Waals surface area contributed by atoms with Crippen LogP contribution in [0.15, 0.2) is 24.3 Å². The molecule has 4 nitrogen and oxygen atoms in total. The number of hydrogen-bond donors (Lipinski definition) is 0. The van der Waals surface area contributed by atoms with Crippen molar-refractivity contribution < 1.29 is 9.53 Å². The van der Waals surface area contributed by atoms with Crippen molar-refractivity contribution in [3.63, 3.8) is 0 Å². The lowest BCUT2D eigenvalue weighted by atomic mass is 9.83. The summed E-state index contributed by atoms with van der Waals surface area (Å²) in [6, 6.07) is 8.97. The van der Waals surface area contributed by atoms with Crippen LogP contribution in [-0.4, -0.2) is 55.5 Å². The Bertz CT molecular complexity index is 697. The smallest absolute Gasteiger partial charge is 0.227 e. The second-order valence-corrected chi connectivity index (χ2v) is 10.9. The molecule has 1 atom stereocenters. The second kappa shape index (κ2) is 10.8. The van der Waals surface area contributed by atoms with E-state index >= 15 is 0 Å². The Hall–Kier alpha value is -1.55. The molecule has 1 saturated carbocycles. The number of benzene rings is 1. The molecule has 174 valence electrons. The Morgan fingerprint density at radius 1 is 1.10 bits per heavy atom. The van der Waals surface area contributed by atoms with Crippen molar-refractivity contribution in [3.8, 4) is 5.75 Å². The number of nitrogens with zero attached hydrogens (tertiary/aromatic N) is 2. The molecule has 4 heteroatoms. The molecule has 2 fully saturated rings. The van der Waals surface area contributed by atoms with E-state index in [1.165, 1.54) is 56.9 Å². The summed E-state index contributed by atoms with van der Waals surface area (Å²) < 4.78 is 5.63. The van der Waals surface area contributed by atoms with Gasteiger partial charge in [0.15, 0.2) is 0 Å². The normalized spacial score (nSPS) is 20.4. The van der Waals surface area contributed by atoms with Gasteiger partial charge >= 0.3 is 0 Å². The van der Waals surface area contributed by atoms with Gasteiger partial charge in [-0.3, -0.25) is 9.69 Å². The number of para-hydroxylation sites is 1. The zero-order valence-corrected chi connectivity index (χ0v) is 20.5. The summed E-state index contributed by atoms with van der Waals surface area (Å²) in [6.07, 6.45) is 10.5. The maximum absolute atomic E-state index is 12.9. The Kier molecular flexibility index (Phi) is 8.43. The molecule has 1 aromatic rings. The molecule has 0 bridgehead atoms. The van der Waals surface area contributed by atoms with Crippen molar-refractivity contribution in [2.75, 3.05) is 33.8 Å². The molecule has 0 N–H and O–H groups in total. The fraction of sp³-hybridized carbons (Fsp3) is 0.741. The van der Waals surface area contributed by atoms with Gasteiger partial charge in [-0.2, -0.15) is 0 Å². The van der Waals surface area contributed by atoms with Crippen molar-refractivity contribution in [1.29, 1.82) is 0 Å². The van der Waals surface area contributed by atoms with E-state index in [0.717, 1.165) is 31.3 Å².